The molecule has 0 saturated carbocycles. The Balaban J connectivity index is 1.12. The molecule has 45 heavy (non-hydrogen) atoms. The van der Waals surface area contributed by atoms with Crippen molar-refractivity contribution in [3.8, 4) is 5.69 Å². The van der Waals surface area contributed by atoms with Crippen LogP contribution < -0.4 is 20.7 Å². The molecule has 2 saturated heterocycles. The SMILES string of the molecule is Cc1nc(N2CC3CC2CN3c2ccc(F)cc2)nc2c1ccc(=O)n2-c1ccc(C(=O)NCc2ccc(C(=O)O)cc2)cc1. The highest BCUT2D eigenvalue weighted by molar-refractivity contribution is 5.94. The average molecular weight is 605 g/mol. The van der Waals surface area contributed by atoms with Crippen molar-refractivity contribution in [1.29, 1.82) is 0 Å². The first-order valence-corrected chi connectivity index (χ1v) is 14.7. The zero-order valence-corrected chi connectivity index (χ0v) is 24.4. The number of benzene rings is 3. The normalized spacial score (nSPS) is 17.2. The minimum atomic E-state index is -1.01. The van der Waals surface area contributed by atoms with Crippen molar-refractivity contribution < 1.29 is 19.1 Å². The number of carbonyl (C=O) groups excluding carboxylic acids is 1. The molecular weight excluding hydrogens is 575 g/mol. The first kappa shape index (κ1) is 28.2. The molecule has 2 aromatic heterocycles. The van der Waals surface area contributed by atoms with Crippen molar-refractivity contribution in [3.05, 3.63) is 123 Å². The Morgan fingerprint density at radius 2 is 1.49 bits per heavy atom. The minimum absolute atomic E-state index is 0.179. The molecule has 2 atom stereocenters. The maximum atomic E-state index is 13.5. The number of nitrogens with zero attached hydrogens (tertiary/aromatic N) is 5. The van der Waals surface area contributed by atoms with Gasteiger partial charge in [-0.05, 0) is 85.6 Å². The maximum absolute atomic E-state index is 13.5. The predicted octanol–water partition coefficient (Wildman–Crippen LogP) is 4.32. The molecule has 10 nitrogen and oxygen atoms in total. The van der Waals surface area contributed by atoms with Gasteiger partial charge in [0.2, 0.25) is 5.95 Å². The Kier molecular flexibility index (Phi) is 7.00. The average Bonchev–Trinajstić information content (AvgIpc) is 3.66. The number of hydrogen-bond donors (Lipinski definition) is 2. The van der Waals surface area contributed by atoms with E-state index in [1.54, 1.807) is 47.0 Å². The predicted molar refractivity (Wildman–Crippen MR) is 168 cm³/mol. The van der Waals surface area contributed by atoms with Crippen LogP contribution in [-0.2, 0) is 6.54 Å². The fraction of sp³-hybridized carbons (Fsp3) is 0.206. The smallest absolute Gasteiger partial charge is 0.335 e. The van der Waals surface area contributed by atoms with E-state index in [1.807, 2.05) is 19.1 Å². The quantitative estimate of drug-likeness (QED) is 0.282. The fourth-order valence-electron chi connectivity index (χ4n) is 6.30. The lowest BCUT2D eigenvalue weighted by atomic mass is 10.1. The number of nitrogens with one attached hydrogen (secondary N) is 1. The molecule has 2 N–H and O–H groups in total. The van der Waals surface area contributed by atoms with E-state index in [4.69, 9.17) is 15.1 Å². The van der Waals surface area contributed by atoms with Gasteiger partial charge in [-0.1, -0.05) is 12.1 Å². The second-order valence-corrected chi connectivity index (χ2v) is 11.4. The summed E-state index contributed by atoms with van der Waals surface area (Å²) in [5.41, 5.74) is 3.93. The van der Waals surface area contributed by atoms with Gasteiger partial charge in [0, 0.05) is 48.4 Å². The van der Waals surface area contributed by atoms with Gasteiger partial charge in [0.1, 0.15) is 5.82 Å². The van der Waals surface area contributed by atoms with Gasteiger partial charge in [-0.2, -0.15) is 4.98 Å². The van der Waals surface area contributed by atoms with Crippen LogP contribution >= 0.6 is 0 Å². The molecule has 5 aromatic rings. The topological polar surface area (TPSA) is 121 Å². The van der Waals surface area contributed by atoms with E-state index >= 15 is 0 Å². The van der Waals surface area contributed by atoms with Crippen molar-refractivity contribution in [2.45, 2.75) is 32.0 Å². The van der Waals surface area contributed by atoms with Crippen LogP contribution in [0.3, 0.4) is 0 Å². The molecule has 2 aliphatic rings. The van der Waals surface area contributed by atoms with Crippen LogP contribution in [0.1, 0.15) is 38.4 Å². The van der Waals surface area contributed by atoms with Crippen molar-refractivity contribution in [1.82, 2.24) is 19.9 Å². The fourth-order valence-corrected chi connectivity index (χ4v) is 6.30. The monoisotopic (exact) mass is 604 g/mol. The number of fused-ring (bicyclic) bond motifs is 3. The van der Waals surface area contributed by atoms with Crippen LogP contribution in [0.2, 0.25) is 0 Å². The van der Waals surface area contributed by atoms with Gasteiger partial charge in [0.05, 0.1) is 23.0 Å². The highest BCUT2D eigenvalue weighted by Crippen LogP contribution is 2.37. The number of halogens is 1. The zero-order valence-electron chi connectivity index (χ0n) is 24.4. The Hall–Kier alpha value is -5.58. The molecule has 3 aromatic carbocycles. The Morgan fingerprint density at radius 1 is 0.844 bits per heavy atom. The summed E-state index contributed by atoms with van der Waals surface area (Å²) in [7, 11) is 0. The summed E-state index contributed by atoms with van der Waals surface area (Å²) in [4.78, 5) is 51.3. The second kappa shape index (κ2) is 11.2. The van der Waals surface area contributed by atoms with Crippen molar-refractivity contribution in [2.75, 3.05) is 22.9 Å². The minimum Gasteiger partial charge on any atom is -0.478 e. The molecule has 2 bridgehead atoms. The number of hydrogen-bond acceptors (Lipinski definition) is 7. The Morgan fingerprint density at radius 3 is 2.16 bits per heavy atom. The molecule has 11 heteroatoms. The van der Waals surface area contributed by atoms with Crippen molar-refractivity contribution >= 4 is 34.5 Å². The summed E-state index contributed by atoms with van der Waals surface area (Å²) in [6.07, 6.45) is 0.941. The number of carboxylic acids is 1. The van der Waals surface area contributed by atoms with E-state index in [-0.39, 0.29) is 41.5 Å². The van der Waals surface area contributed by atoms with Crippen LogP contribution in [0.4, 0.5) is 16.0 Å². The molecule has 2 fully saturated rings. The molecule has 7 rings (SSSR count). The van der Waals surface area contributed by atoms with Crippen LogP contribution in [0.25, 0.3) is 16.7 Å². The van der Waals surface area contributed by atoms with Crippen molar-refractivity contribution in [2.24, 2.45) is 0 Å². The molecular formula is C34H29FN6O4. The van der Waals surface area contributed by atoms with E-state index in [1.165, 1.54) is 30.3 Å². The second-order valence-electron chi connectivity index (χ2n) is 11.4. The van der Waals surface area contributed by atoms with Gasteiger partial charge in [0.25, 0.3) is 11.5 Å². The summed E-state index contributed by atoms with van der Waals surface area (Å²) in [6, 6.07) is 23.3. The van der Waals surface area contributed by atoms with E-state index in [9.17, 15) is 18.8 Å². The summed E-state index contributed by atoms with van der Waals surface area (Å²) < 4.78 is 15.0. The third kappa shape index (κ3) is 5.26. The number of rotatable bonds is 7. The number of pyridine rings is 1. The number of aryl methyl sites for hydroxylation is 1. The lowest BCUT2D eigenvalue weighted by Crippen LogP contribution is -2.47. The van der Waals surface area contributed by atoms with Gasteiger partial charge >= 0.3 is 5.97 Å². The van der Waals surface area contributed by atoms with Gasteiger partial charge in [0.15, 0.2) is 5.65 Å². The van der Waals surface area contributed by atoms with Crippen LogP contribution in [0.15, 0.2) is 89.7 Å². The van der Waals surface area contributed by atoms with E-state index < -0.39 is 5.97 Å². The number of amides is 1. The molecule has 226 valence electrons. The largest absolute Gasteiger partial charge is 0.478 e. The van der Waals surface area contributed by atoms with Gasteiger partial charge in [-0.3, -0.25) is 14.2 Å². The summed E-state index contributed by atoms with van der Waals surface area (Å²) in [5.74, 6) is -0.992. The number of carbonyl (C=O) groups is 2. The zero-order chi connectivity index (χ0) is 31.2. The molecule has 2 unspecified atom stereocenters. The molecule has 0 spiro atoms. The number of piperazine rings is 1. The first-order valence-electron chi connectivity index (χ1n) is 14.7. The Labute approximate surface area is 257 Å². The molecule has 2 aliphatic heterocycles. The third-order valence-electron chi connectivity index (χ3n) is 8.63. The number of carboxylic acid groups (broad SMARTS) is 1. The molecule has 0 aliphatic carbocycles. The molecule has 4 heterocycles. The van der Waals surface area contributed by atoms with E-state index in [2.05, 4.69) is 15.1 Å². The number of aromatic nitrogens is 3. The lowest BCUT2D eigenvalue weighted by molar-refractivity contribution is 0.0696. The van der Waals surface area contributed by atoms with E-state index in [0.29, 0.717) is 22.8 Å². The summed E-state index contributed by atoms with van der Waals surface area (Å²) in [5, 5.41) is 12.7. The highest BCUT2D eigenvalue weighted by Gasteiger charge is 2.44. The van der Waals surface area contributed by atoms with Gasteiger partial charge in [-0.15, -0.1) is 0 Å². The van der Waals surface area contributed by atoms with Crippen LogP contribution in [0, 0.1) is 12.7 Å². The van der Waals surface area contributed by atoms with Crippen molar-refractivity contribution in [3.63, 3.8) is 0 Å². The Bertz CT molecular complexity index is 1990. The summed E-state index contributed by atoms with van der Waals surface area (Å²) in [6.45, 7) is 3.64. The standard InChI is InChI=1S/C34H29FN6O4/c1-20-29-14-15-30(42)41(26-10-6-22(7-11-26)32(43)36-17-21-2-4-23(5-3-21)33(44)45)31(29)38-34(37-20)40-19-27-16-28(40)18-39(27)25-12-8-24(35)9-13-25/h2-15,27-28H,16-19H2,1H3,(H,36,43)(H,44,45). The lowest BCUT2D eigenvalue weighted by Gasteiger charge is -2.35. The first-order chi connectivity index (χ1) is 21.7. The van der Waals surface area contributed by atoms with Crippen LogP contribution in [0.5, 0.6) is 0 Å². The third-order valence-corrected chi connectivity index (χ3v) is 8.63. The highest BCUT2D eigenvalue weighted by atomic mass is 19.1. The number of aromatic carboxylic acids is 1. The van der Waals surface area contributed by atoms with Gasteiger partial charge in [-0.25, -0.2) is 14.2 Å². The molecule has 0 radical (unpaired) electrons. The van der Waals surface area contributed by atoms with Gasteiger partial charge < -0.3 is 20.2 Å². The maximum Gasteiger partial charge on any atom is 0.335 e. The molecule has 1 amide bonds. The van der Waals surface area contributed by atoms with Crippen LogP contribution in [-0.4, -0.2) is 56.7 Å². The van der Waals surface area contributed by atoms with E-state index in [0.717, 1.165) is 41.8 Å². The number of anilines is 2. The summed E-state index contributed by atoms with van der Waals surface area (Å²) >= 11 is 0.